The van der Waals surface area contributed by atoms with Crippen molar-refractivity contribution in [2.24, 2.45) is 0 Å². The van der Waals surface area contributed by atoms with Crippen LogP contribution < -0.4 is 17.0 Å². The Hall–Kier alpha value is -2.48. The lowest BCUT2D eigenvalue weighted by molar-refractivity contribution is 0.732. The van der Waals surface area contributed by atoms with E-state index in [1.165, 1.54) is 4.57 Å². The lowest BCUT2D eigenvalue weighted by Gasteiger charge is -2.04. The standard InChI is InChI=1S/C11H9N5O2S/c12-10-14-8-7(19-10)9(17)15-11(18)16(8)5-6-3-1-2-4-13-6/h1-4H,5H2,(H2,12,14)(H,15,17,18). The molecule has 96 valence electrons. The highest BCUT2D eigenvalue weighted by molar-refractivity contribution is 7.21. The summed E-state index contributed by atoms with van der Waals surface area (Å²) in [6, 6.07) is 5.40. The van der Waals surface area contributed by atoms with E-state index in [4.69, 9.17) is 5.73 Å². The number of aromatic nitrogens is 4. The topological polar surface area (TPSA) is 107 Å². The monoisotopic (exact) mass is 275 g/mol. The molecule has 0 radical (unpaired) electrons. The molecule has 8 heteroatoms. The number of nitrogens with two attached hydrogens (primary N) is 1. The number of thiazole rings is 1. The van der Waals surface area contributed by atoms with Gasteiger partial charge in [0.05, 0.1) is 12.2 Å². The molecule has 3 rings (SSSR count). The summed E-state index contributed by atoms with van der Waals surface area (Å²) in [6.07, 6.45) is 1.64. The zero-order valence-corrected chi connectivity index (χ0v) is 10.5. The summed E-state index contributed by atoms with van der Waals surface area (Å²) < 4.78 is 1.69. The Morgan fingerprint density at radius 2 is 2.21 bits per heavy atom. The molecular weight excluding hydrogens is 266 g/mol. The van der Waals surface area contributed by atoms with Crippen LogP contribution in [0.4, 0.5) is 5.13 Å². The van der Waals surface area contributed by atoms with Gasteiger partial charge in [-0.2, -0.15) is 0 Å². The fraction of sp³-hybridized carbons (Fsp3) is 0.0909. The number of rotatable bonds is 2. The number of aromatic amines is 1. The fourth-order valence-corrected chi connectivity index (χ4v) is 2.51. The van der Waals surface area contributed by atoms with Crippen LogP contribution in [0.15, 0.2) is 34.0 Å². The molecule has 0 amide bonds. The molecule has 3 heterocycles. The molecule has 0 aliphatic heterocycles. The van der Waals surface area contributed by atoms with Gasteiger partial charge in [0.2, 0.25) is 0 Å². The van der Waals surface area contributed by atoms with Gasteiger partial charge in [0, 0.05) is 6.20 Å². The molecule has 0 fully saturated rings. The third-order valence-corrected chi connectivity index (χ3v) is 3.47. The van der Waals surface area contributed by atoms with Crippen molar-refractivity contribution in [3.63, 3.8) is 0 Å². The van der Waals surface area contributed by atoms with Crippen LogP contribution in [-0.2, 0) is 6.54 Å². The maximum atomic E-state index is 11.9. The highest BCUT2D eigenvalue weighted by atomic mass is 32.1. The van der Waals surface area contributed by atoms with E-state index in [2.05, 4.69) is 15.0 Å². The highest BCUT2D eigenvalue weighted by Gasteiger charge is 2.12. The molecular formula is C11H9N5O2S. The van der Waals surface area contributed by atoms with Crippen molar-refractivity contribution in [3.8, 4) is 0 Å². The summed E-state index contributed by atoms with van der Waals surface area (Å²) in [5.41, 5.74) is 5.60. The summed E-state index contributed by atoms with van der Waals surface area (Å²) in [5.74, 6) is 0. The number of nitrogens with zero attached hydrogens (tertiary/aromatic N) is 3. The minimum absolute atomic E-state index is 0.232. The third kappa shape index (κ3) is 2.02. The van der Waals surface area contributed by atoms with Gasteiger partial charge in [-0.3, -0.25) is 19.3 Å². The van der Waals surface area contributed by atoms with Crippen LogP contribution in [0.25, 0.3) is 10.3 Å². The first kappa shape index (κ1) is 11.6. The Balaban J connectivity index is 2.23. The molecule has 0 aliphatic carbocycles. The van der Waals surface area contributed by atoms with Gasteiger partial charge in [-0.25, -0.2) is 9.78 Å². The first-order valence-corrected chi connectivity index (χ1v) is 6.26. The summed E-state index contributed by atoms with van der Waals surface area (Å²) in [7, 11) is 0. The van der Waals surface area contributed by atoms with Crippen molar-refractivity contribution in [1.29, 1.82) is 0 Å². The zero-order chi connectivity index (χ0) is 13.4. The van der Waals surface area contributed by atoms with E-state index in [1.54, 1.807) is 18.3 Å². The van der Waals surface area contributed by atoms with Crippen molar-refractivity contribution >= 4 is 26.8 Å². The quantitative estimate of drug-likeness (QED) is 0.693. The number of nitrogen functional groups attached to an aromatic ring is 1. The van der Waals surface area contributed by atoms with Gasteiger partial charge < -0.3 is 5.73 Å². The third-order valence-electron chi connectivity index (χ3n) is 2.60. The van der Waals surface area contributed by atoms with Crippen LogP contribution in [0.5, 0.6) is 0 Å². The Kier molecular flexibility index (Phi) is 2.64. The smallest absolute Gasteiger partial charge is 0.330 e. The van der Waals surface area contributed by atoms with E-state index in [0.717, 1.165) is 11.3 Å². The first-order valence-electron chi connectivity index (χ1n) is 5.44. The predicted octanol–water partition coefficient (Wildman–Crippen LogP) is 0.172. The Labute approximate surface area is 110 Å². The summed E-state index contributed by atoms with van der Waals surface area (Å²) >= 11 is 1.05. The lowest BCUT2D eigenvalue weighted by Crippen LogP contribution is -2.30. The van der Waals surface area contributed by atoms with E-state index < -0.39 is 11.2 Å². The average Bonchev–Trinajstić information content (AvgIpc) is 2.78. The number of hydrogen-bond acceptors (Lipinski definition) is 6. The lowest BCUT2D eigenvalue weighted by atomic mass is 10.3. The van der Waals surface area contributed by atoms with Gasteiger partial charge in [0.15, 0.2) is 10.8 Å². The van der Waals surface area contributed by atoms with Crippen LogP contribution >= 0.6 is 11.3 Å². The second kappa shape index (κ2) is 4.32. The summed E-state index contributed by atoms with van der Waals surface area (Å²) in [4.78, 5) is 34.0. The molecule has 0 saturated heterocycles. The van der Waals surface area contributed by atoms with Gasteiger partial charge in [0.1, 0.15) is 4.70 Å². The van der Waals surface area contributed by atoms with Gasteiger partial charge in [-0.05, 0) is 12.1 Å². The molecule has 0 aliphatic rings. The molecule has 3 aromatic heterocycles. The SMILES string of the molecule is Nc1nc2c(s1)c(=O)[nH]c(=O)n2Cc1ccccn1. The highest BCUT2D eigenvalue weighted by Crippen LogP contribution is 2.18. The summed E-state index contributed by atoms with van der Waals surface area (Å²) in [5, 5.41) is 0.251. The predicted molar refractivity (Wildman–Crippen MR) is 72.3 cm³/mol. The van der Waals surface area contributed by atoms with E-state index in [1.807, 2.05) is 6.07 Å². The number of H-pyrrole nitrogens is 1. The Morgan fingerprint density at radius 1 is 1.37 bits per heavy atom. The Morgan fingerprint density at radius 3 is 2.95 bits per heavy atom. The van der Waals surface area contributed by atoms with Gasteiger partial charge >= 0.3 is 5.69 Å². The maximum absolute atomic E-state index is 11.9. The number of fused-ring (bicyclic) bond motifs is 1. The van der Waals surface area contributed by atoms with Crippen molar-refractivity contribution < 1.29 is 0 Å². The number of anilines is 1. The number of pyridine rings is 1. The van der Waals surface area contributed by atoms with Crippen molar-refractivity contribution in [2.45, 2.75) is 6.54 Å². The van der Waals surface area contributed by atoms with Crippen LogP contribution in [-0.4, -0.2) is 19.5 Å². The van der Waals surface area contributed by atoms with E-state index >= 15 is 0 Å². The van der Waals surface area contributed by atoms with Crippen molar-refractivity contribution in [3.05, 3.63) is 50.9 Å². The molecule has 7 nitrogen and oxygen atoms in total. The second-order valence-corrected chi connectivity index (χ2v) is 4.90. The Bertz CT molecular complexity index is 849. The molecule has 3 N–H and O–H groups in total. The van der Waals surface area contributed by atoms with E-state index in [0.29, 0.717) is 16.0 Å². The van der Waals surface area contributed by atoms with Gasteiger partial charge in [0.25, 0.3) is 5.56 Å². The molecule has 0 bridgehead atoms. The van der Waals surface area contributed by atoms with E-state index in [-0.39, 0.29) is 11.7 Å². The van der Waals surface area contributed by atoms with Crippen molar-refractivity contribution in [1.82, 2.24) is 19.5 Å². The first-order chi connectivity index (χ1) is 9.15. The fourth-order valence-electron chi connectivity index (χ4n) is 1.78. The number of hydrogen-bond donors (Lipinski definition) is 2. The largest absolute Gasteiger partial charge is 0.375 e. The molecule has 0 atom stereocenters. The molecule has 0 saturated carbocycles. The molecule has 0 unspecified atom stereocenters. The molecule has 0 spiro atoms. The second-order valence-electron chi connectivity index (χ2n) is 3.87. The molecule has 19 heavy (non-hydrogen) atoms. The molecule has 0 aromatic carbocycles. The van der Waals surface area contributed by atoms with Crippen LogP contribution in [0.1, 0.15) is 5.69 Å². The zero-order valence-electron chi connectivity index (χ0n) is 9.66. The van der Waals surface area contributed by atoms with Gasteiger partial charge in [-0.15, -0.1) is 0 Å². The minimum Gasteiger partial charge on any atom is -0.375 e. The van der Waals surface area contributed by atoms with Crippen LogP contribution in [0.3, 0.4) is 0 Å². The maximum Gasteiger partial charge on any atom is 0.330 e. The van der Waals surface area contributed by atoms with Crippen molar-refractivity contribution in [2.75, 3.05) is 5.73 Å². The minimum atomic E-state index is -0.520. The van der Waals surface area contributed by atoms with Gasteiger partial charge in [-0.1, -0.05) is 17.4 Å². The van der Waals surface area contributed by atoms with Crippen LogP contribution in [0, 0.1) is 0 Å². The van der Waals surface area contributed by atoms with E-state index in [9.17, 15) is 9.59 Å². The van der Waals surface area contributed by atoms with Crippen LogP contribution in [0.2, 0.25) is 0 Å². The normalized spacial score (nSPS) is 10.9. The number of nitrogens with one attached hydrogen (secondary N) is 1. The molecule has 3 aromatic rings. The summed E-state index contributed by atoms with van der Waals surface area (Å²) in [6.45, 7) is 0.232. The average molecular weight is 275 g/mol.